The SMILES string of the molecule is C[C@H]1[C@H](O)CN1c1nc(-c2cnn([C@@H]3CCNC3)c2)cc(C(F)(F)F)n1. The Morgan fingerprint density at radius 2 is 2.12 bits per heavy atom. The quantitative estimate of drug-likeness (QED) is 0.854. The first-order valence-corrected chi connectivity index (χ1v) is 8.49. The standard InChI is InChI=1S/C16H19F3N6O/c1-9-13(26)8-24(9)15-22-12(4-14(23-15)16(17,18)19)10-5-21-25(7-10)11-2-3-20-6-11/h4-5,7,9,11,13,20,26H,2-3,6,8H2,1H3/t9-,11+,13+/m0/s1. The van der Waals surface area contributed by atoms with E-state index in [1.807, 2.05) is 0 Å². The first-order chi connectivity index (χ1) is 12.3. The molecule has 2 aromatic rings. The Kier molecular flexibility index (Phi) is 4.11. The molecule has 2 saturated heterocycles. The van der Waals surface area contributed by atoms with Gasteiger partial charge in [-0.05, 0) is 26.0 Å². The Balaban J connectivity index is 1.71. The van der Waals surface area contributed by atoms with Crippen LogP contribution in [0.5, 0.6) is 0 Å². The Morgan fingerprint density at radius 1 is 1.31 bits per heavy atom. The topological polar surface area (TPSA) is 79.1 Å². The predicted octanol–water partition coefficient (Wildman–Crippen LogP) is 1.46. The third-order valence-electron chi connectivity index (χ3n) is 5.00. The number of rotatable bonds is 3. The highest BCUT2D eigenvalue weighted by Crippen LogP contribution is 2.34. The van der Waals surface area contributed by atoms with Crippen LogP contribution in [0.1, 0.15) is 25.1 Å². The van der Waals surface area contributed by atoms with Gasteiger partial charge >= 0.3 is 6.18 Å². The lowest BCUT2D eigenvalue weighted by molar-refractivity contribution is -0.141. The van der Waals surface area contributed by atoms with Crippen molar-refractivity contribution in [2.45, 2.75) is 37.7 Å². The first kappa shape index (κ1) is 17.2. The van der Waals surface area contributed by atoms with Gasteiger partial charge in [-0.1, -0.05) is 0 Å². The molecule has 4 rings (SSSR count). The monoisotopic (exact) mass is 368 g/mol. The minimum absolute atomic E-state index is 0.0251. The summed E-state index contributed by atoms with van der Waals surface area (Å²) in [4.78, 5) is 9.53. The van der Waals surface area contributed by atoms with Crippen LogP contribution in [0.4, 0.5) is 19.1 Å². The van der Waals surface area contributed by atoms with Crippen molar-refractivity contribution in [2.24, 2.45) is 0 Å². The van der Waals surface area contributed by atoms with Crippen LogP contribution in [0.15, 0.2) is 18.5 Å². The number of aliphatic hydroxyl groups excluding tert-OH is 1. The minimum atomic E-state index is -4.58. The lowest BCUT2D eigenvalue weighted by Crippen LogP contribution is -2.59. The number of halogens is 3. The zero-order chi connectivity index (χ0) is 18.5. The number of hydrogen-bond acceptors (Lipinski definition) is 6. The molecule has 0 spiro atoms. The summed E-state index contributed by atoms with van der Waals surface area (Å²) in [6.45, 7) is 3.62. The number of nitrogens with one attached hydrogen (secondary N) is 1. The average Bonchev–Trinajstić information content (AvgIpc) is 3.29. The van der Waals surface area contributed by atoms with Gasteiger partial charge in [0, 0.05) is 24.8 Å². The lowest BCUT2D eigenvalue weighted by atomic mass is 10.0. The maximum absolute atomic E-state index is 13.3. The summed E-state index contributed by atoms with van der Waals surface area (Å²) in [7, 11) is 0. The Morgan fingerprint density at radius 3 is 2.73 bits per heavy atom. The smallest absolute Gasteiger partial charge is 0.389 e. The van der Waals surface area contributed by atoms with Crippen LogP contribution in [0, 0.1) is 0 Å². The van der Waals surface area contributed by atoms with Crippen LogP contribution >= 0.6 is 0 Å². The predicted molar refractivity (Wildman–Crippen MR) is 87.6 cm³/mol. The molecule has 0 amide bonds. The van der Waals surface area contributed by atoms with Crippen molar-refractivity contribution in [1.82, 2.24) is 25.1 Å². The van der Waals surface area contributed by atoms with Gasteiger partial charge in [0.1, 0.15) is 0 Å². The van der Waals surface area contributed by atoms with E-state index in [4.69, 9.17) is 0 Å². The number of hydrogen-bond donors (Lipinski definition) is 2. The van der Waals surface area contributed by atoms with Crippen molar-refractivity contribution in [3.63, 3.8) is 0 Å². The molecule has 7 nitrogen and oxygen atoms in total. The number of aliphatic hydroxyl groups is 1. The normalized spacial score (nSPS) is 26.2. The van der Waals surface area contributed by atoms with Crippen LogP contribution in [-0.4, -0.2) is 56.6 Å². The summed E-state index contributed by atoms with van der Waals surface area (Å²) in [5.74, 6) is -0.0251. The third kappa shape index (κ3) is 3.03. The van der Waals surface area contributed by atoms with Crippen LogP contribution in [0.3, 0.4) is 0 Å². The van der Waals surface area contributed by atoms with Crippen LogP contribution in [0.25, 0.3) is 11.3 Å². The summed E-state index contributed by atoms with van der Waals surface area (Å²) in [5.41, 5.74) is -0.311. The number of aromatic nitrogens is 4. The van der Waals surface area contributed by atoms with Crippen molar-refractivity contribution in [2.75, 3.05) is 24.5 Å². The Bertz CT molecular complexity index is 802. The number of anilines is 1. The van der Waals surface area contributed by atoms with Gasteiger partial charge in [0.25, 0.3) is 0 Å². The van der Waals surface area contributed by atoms with Crippen LogP contribution in [0.2, 0.25) is 0 Å². The molecule has 2 aliphatic heterocycles. The molecule has 2 fully saturated rings. The second-order valence-electron chi connectivity index (χ2n) is 6.75. The molecule has 0 aromatic carbocycles. The van der Waals surface area contributed by atoms with E-state index in [0.29, 0.717) is 5.56 Å². The van der Waals surface area contributed by atoms with Crippen molar-refractivity contribution >= 4 is 5.95 Å². The van der Waals surface area contributed by atoms with Gasteiger partial charge in [0.15, 0.2) is 5.69 Å². The highest BCUT2D eigenvalue weighted by atomic mass is 19.4. The molecule has 2 N–H and O–H groups in total. The molecular formula is C16H19F3N6O. The molecule has 0 radical (unpaired) electrons. The largest absolute Gasteiger partial charge is 0.433 e. The van der Waals surface area contributed by atoms with E-state index in [1.165, 1.54) is 6.20 Å². The van der Waals surface area contributed by atoms with E-state index < -0.39 is 18.0 Å². The van der Waals surface area contributed by atoms with Gasteiger partial charge in [0.05, 0.1) is 30.1 Å². The molecule has 0 saturated carbocycles. The van der Waals surface area contributed by atoms with Gasteiger partial charge in [-0.15, -0.1) is 0 Å². The van der Waals surface area contributed by atoms with Crippen molar-refractivity contribution in [1.29, 1.82) is 0 Å². The first-order valence-electron chi connectivity index (χ1n) is 8.49. The highest BCUT2D eigenvalue weighted by molar-refractivity contribution is 5.60. The van der Waals surface area contributed by atoms with E-state index in [-0.39, 0.29) is 30.3 Å². The summed E-state index contributed by atoms with van der Waals surface area (Å²) < 4.78 is 41.6. The molecule has 0 unspecified atom stereocenters. The zero-order valence-corrected chi connectivity index (χ0v) is 14.1. The lowest BCUT2D eigenvalue weighted by Gasteiger charge is -2.43. The molecule has 0 aliphatic carbocycles. The summed E-state index contributed by atoms with van der Waals surface area (Å²) >= 11 is 0. The maximum atomic E-state index is 13.3. The zero-order valence-electron chi connectivity index (χ0n) is 14.1. The van der Waals surface area contributed by atoms with Crippen LogP contribution < -0.4 is 10.2 Å². The molecule has 3 atom stereocenters. The highest BCUT2D eigenvalue weighted by Gasteiger charge is 2.39. The van der Waals surface area contributed by atoms with Crippen molar-refractivity contribution in [3.8, 4) is 11.3 Å². The van der Waals surface area contributed by atoms with E-state index >= 15 is 0 Å². The van der Waals surface area contributed by atoms with Crippen LogP contribution in [-0.2, 0) is 6.18 Å². The van der Waals surface area contributed by atoms with Gasteiger partial charge in [-0.25, -0.2) is 9.97 Å². The molecule has 10 heteroatoms. The van der Waals surface area contributed by atoms with Gasteiger partial charge in [-0.2, -0.15) is 18.3 Å². The van der Waals surface area contributed by atoms with Gasteiger partial charge in [0.2, 0.25) is 5.95 Å². The van der Waals surface area contributed by atoms with E-state index in [2.05, 4.69) is 20.4 Å². The second kappa shape index (κ2) is 6.20. The summed E-state index contributed by atoms with van der Waals surface area (Å²) in [5, 5.41) is 17.2. The van der Waals surface area contributed by atoms with Gasteiger partial charge < -0.3 is 15.3 Å². The van der Waals surface area contributed by atoms with Crippen molar-refractivity contribution in [3.05, 3.63) is 24.2 Å². The fraction of sp³-hybridized carbons (Fsp3) is 0.562. The fourth-order valence-electron chi connectivity index (χ4n) is 3.25. The summed E-state index contributed by atoms with van der Waals surface area (Å²) in [6.07, 6.45) is -0.996. The third-order valence-corrected chi connectivity index (χ3v) is 5.00. The molecule has 4 heterocycles. The molecule has 140 valence electrons. The van der Waals surface area contributed by atoms with E-state index in [1.54, 1.807) is 22.7 Å². The molecule has 0 bridgehead atoms. The minimum Gasteiger partial charge on any atom is -0.389 e. The van der Waals surface area contributed by atoms with Crippen molar-refractivity contribution < 1.29 is 18.3 Å². The van der Waals surface area contributed by atoms with E-state index in [0.717, 1.165) is 25.6 Å². The molecule has 2 aliphatic rings. The molecular weight excluding hydrogens is 349 g/mol. The molecule has 26 heavy (non-hydrogen) atoms. The summed E-state index contributed by atoms with van der Waals surface area (Å²) in [6, 6.07) is 0.815. The Labute approximate surface area is 147 Å². The van der Waals surface area contributed by atoms with E-state index in [9.17, 15) is 18.3 Å². The molecule has 2 aromatic heterocycles. The number of alkyl halides is 3. The maximum Gasteiger partial charge on any atom is 0.433 e. The van der Waals surface area contributed by atoms with Gasteiger partial charge in [-0.3, -0.25) is 4.68 Å². The fourth-order valence-corrected chi connectivity index (χ4v) is 3.25. The second-order valence-corrected chi connectivity index (χ2v) is 6.75. The number of β-amino-alcohol motifs (C(OH)–C–C–N with tert-alkyl or cyclic N) is 1. The number of nitrogens with zero attached hydrogens (tertiary/aromatic N) is 5. The Hall–Kier alpha value is -2.20. The average molecular weight is 368 g/mol.